The van der Waals surface area contributed by atoms with E-state index in [1.165, 1.54) is 5.57 Å². The normalized spacial score (nSPS) is 13.7. The highest BCUT2D eigenvalue weighted by atomic mass is 15.3. The maximum atomic E-state index is 4.72. The van der Waals surface area contributed by atoms with Crippen molar-refractivity contribution in [3.05, 3.63) is 59.6 Å². The first-order chi connectivity index (χ1) is 10.7. The molecule has 5 heteroatoms. The third-order valence-corrected chi connectivity index (χ3v) is 3.88. The van der Waals surface area contributed by atoms with Crippen molar-refractivity contribution in [1.82, 2.24) is 24.6 Å². The lowest BCUT2D eigenvalue weighted by Crippen LogP contribution is -2.04. The molecule has 0 aromatic carbocycles. The summed E-state index contributed by atoms with van der Waals surface area (Å²) in [5, 5.41) is 4.20. The van der Waals surface area contributed by atoms with E-state index < -0.39 is 0 Å². The van der Waals surface area contributed by atoms with Crippen molar-refractivity contribution in [1.29, 1.82) is 0 Å². The number of hydrogen-bond donors (Lipinski definition) is 0. The van der Waals surface area contributed by atoms with Gasteiger partial charge in [-0.1, -0.05) is 19.9 Å². The molecule has 0 fully saturated rings. The lowest BCUT2D eigenvalue weighted by atomic mass is 10.0. The standard InChI is InChI=1S/C17H17N5/c1-11(2)7-16-18-8-14-13(4-5-15(14)21-16)12-3-6-17-19-10-20-22(17)9-12/h3-4,6,8-11H,5,7H2,1-2H3. The van der Waals surface area contributed by atoms with Crippen molar-refractivity contribution in [2.45, 2.75) is 26.7 Å². The lowest BCUT2D eigenvalue weighted by Gasteiger charge is -2.08. The molecule has 1 aliphatic carbocycles. The first kappa shape index (κ1) is 13.1. The molecule has 4 rings (SSSR count). The summed E-state index contributed by atoms with van der Waals surface area (Å²) in [4.78, 5) is 13.4. The zero-order valence-corrected chi connectivity index (χ0v) is 12.7. The molecular formula is C17H17N5. The highest BCUT2D eigenvalue weighted by Crippen LogP contribution is 2.31. The first-order valence-corrected chi connectivity index (χ1v) is 7.56. The van der Waals surface area contributed by atoms with Crippen LogP contribution in [0, 0.1) is 5.92 Å². The van der Waals surface area contributed by atoms with E-state index in [1.54, 1.807) is 10.8 Å². The van der Waals surface area contributed by atoms with E-state index in [9.17, 15) is 0 Å². The molecule has 22 heavy (non-hydrogen) atoms. The van der Waals surface area contributed by atoms with Gasteiger partial charge in [0.15, 0.2) is 5.65 Å². The Morgan fingerprint density at radius 3 is 3.00 bits per heavy atom. The summed E-state index contributed by atoms with van der Waals surface area (Å²) < 4.78 is 1.79. The number of aromatic nitrogens is 5. The molecule has 0 saturated carbocycles. The van der Waals surface area contributed by atoms with E-state index in [1.807, 2.05) is 18.5 Å². The van der Waals surface area contributed by atoms with Crippen LogP contribution >= 0.6 is 0 Å². The fraction of sp³-hybridized carbons (Fsp3) is 0.294. The summed E-state index contributed by atoms with van der Waals surface area (Å²) in [6.45, 7) is 4.38. The van der Waals surface area contributed by atoms with Crippen molar-refractivity contribution in [2.24, 2.45) is 5.92 Å². The topological polar surface area (TPSA) is 56.0 Å². The number of allylic oxidation sites excluding steroid dienone is 1. The molecule has 0 spiro atoms. The van der Waals surface area contributed by atoms with Crippen LogP contribution in [0.5, 0.6) is 0 Å². The fourth-order valence-electron chi connectivity index (χ4n) is 2.86. The van der Waals surface area contributed by atoms with Crippen LogP contribution in [0.2, 0.25) is 0 Å². The molecule has 1 aliphatic rings. The van der Waals surface area contributed by atoms with Crippen LogP contribution in [-0.4, -0.2) is 24.6 Å². The molecule has 0 N–H and O–H groups in total. The molecular weight excluding hydrogens is 274 g/mol. The van der Waals surface area contributed by atoms with E-state index in [-0.39, 0.29) is 0 Å². The third-order valence-electron chi connectivity index (χ3n) is 3.88. The monoisotopic (exact) mass is 291 g/mol. The van der Waals surface area contributed by atoms with Crippen molar-refractivity contribution >= 4 is 11.2 Å². The van der Waals surface area contributed by atoms with Crippen LogP contribution < -0.4 is 0 Å². The molecule has 5 nitrogen and oxygen atoms in total. The van der Waals surface area contributed by atoms with Crippen LogP contribution in [0.25, 0.3) is 11.2 Å². The molecule has 110 valence electrons. The van der Waals surface area contributed by atoms with Gasteiger partial charge in [0, 0.05) is 36.4 Å². The number of fused-ring (bicyclic) bond motifs is 2. The highest BCUT2D eigenvalue weighted by molar-refractivity contribution is 5.83. The zero-order chi connectivity index (χ0) is 15.1. The number of hydrogen-bond acceptors (Lipinski definition) is 4. The van der Waals surface area contributed by atoms with Gasteiger partial charge in [0.2, 0.25) is 0 Å². The predicted octanol–water partition coefficient (Wildman–Crippen LogP) is 2.71. The molecule has 3 aromatic rings. The van der Waals surface area contributed by atoms with Gasteiger partial charge >= 0.3 is 0 Å². The van der Waals surface area contributed by atoms with Crippen molar-refractivity contribution in [3.63, 3.8) is 0 Å². The Balaban J connectivity index is 1.71. The van der Waals surface area contributed by atoms with Gasteiger partial charge < -0.3 is 0 Å². The molecule has 3 heterocycles. The van der Waals surface area contributed by atoms with Crippen molar-refractivity contribution in [2.75, 3.05) is 0 Å². The van der Waals surface area contributed by atoms with Gasteiger partial charge in [0.05, 0.1) is 5.69 Å². The lowest BCUT2D eigenvalue weighted by molar-refractivity contribution is 0.618. The van der Waals surface area contributed by atoms with Gasteiger partial charge in [-0.15, -0.1) is 0 Å². The van der Waals surface area contributed by atoms with Gasteiger partial charge in [0.25, 0.3) is 0 Å². The minimum atomic E-state index is 0.571. The summed E-state index contributed by atoms with van der Waals surface area (Å²) in [6.07, 6.45) is 9.55. The molecule has 0 atom stereocenters. The minimum Gasteiger partial charge on any atom is -0.241 e. The summed E-state index contributed by atoms with van der Waals surface area (Å²) in [7, 11) is 0. The van der Waals surface area contributed by atoms with E-state index in [0.717, 1.165) is 41.1 Å². The Kier molecular flexibility index (Phi) is 2.99. The van der Waals surface area contributed by atoms with Crippen molar-refractivity contribution < 1.29 is 0 Å². The fourth-order valence-corrected chi connectivity index (χ4v) is 2.86. The summed E-state index contributed by atoms with van der Waals surface area (Å²) in [6, 6.07) is 4.06. The predicted molar refractivity (Wildman–Crippen MR) is 84.3 cm³/mol. The highest BCUT2D eigenvalue weighted by Gasteiger charge is 2.19. The molecule has 0 amide bonds. The van der Waals surface area contributed by atoms with Crippen LogP contribution in [0.4, 0.5) is 0 Å². The van der Waals surface area contributed by atoms with Crippen LogP contribution in [-0.2, 0) is 12.8 Å². The zero-order valence-electron chi connectivity index (χ0n) is 12.7. The Morgan fingerprint density at radius 1 is 1.23 bits per heavy atom. The molecule has 0 radical (unpaired) electrons. The van der Waals surface area contributed by atoms with Crippen LogP contribution in [0.15, 0.2) is 36.9 Å². The van der Waals surface area contributed by atoms with Gasteiger partial charge in [-0.2, -0.15) is 5.10 Å². The largest absolute Gasteiger partial charge is 0.241 e. The Hall–Kier alpha value is -2.56. The summed E-state index contributed by atoms with van der Waals surface area (Å²) in [5.41, 5.74) is 5.41. The Bertz CT molecular complexity index is 876. The first-order valence-electron chi connectivity index (χ1n) is 7.56. The average molecular weight is 291 g/mol. The van der Waals surface area contributed by atoms with Gasteiger partial charge in [-0.05, 0) is 23.6 Å². The number of nitrogens with zero attached hydrogens (tertiary/aromatic N) is 5. The molecule has 3 aromatic heterocycles. The van der Waals surface area contributed by atoms with Crippen LogP contribution in [0.1, 0.15) is 36.5 Å². The quantitative estimate of drug-likeness (QED) is 0.744. The second-order valence-corrected chi connectivity index (χ2v) is 6.05. The number of pyridine rings is 1. The second kappa shape index (κ2) is 5.02. The maximum Gasteiger partial charge on any atom is 0.155 e. The summed E-state index contributed by atoms with van der Waals surface area (Å²) >= 11 is 0. The van der Waals surface area contributed by atoms with Gasteiger partial charge in [-0.3, -0.25) is 0 Å². The summed E-state index contributed by atoms with van der Waals surface area (Å²) in [5.74, 6) is 1.51. The Labute approximate surface area is 128 Å². The maximum absolute atomic E-state index is 4.72. The van der Waals surface area contributed by atoms with E-state index in [4.69, 9.17) is 4.98 Å². The molecule has 0 unspecified atom stereocenters. The van der Waals surface area contributed by atoms with E-state index in [2.05, 4.69) is 41.1 Å². The second-order valence-electron chi connectivity index (χ2n) is 6.05. The SMILES string of the molecule is CC(C)Cc1ncc2c(n1)CC=C2c1ccc2ncnn2c1. The average Bonchev–Trinajstić information content (AvgIpc) is 3.11. The minimum absolute atomic E-state index is 0.571. The molecule has 0 saturated heterocycles. The molecule has 0 aliphatic heterocycles. The van der Waals surface area contributed by atoms with Crippen molar-refractivity contribution in [3.8, 4) is 0 Å². The van der Waals surface area contributed by atoms with Crippen LogP contribution in [0.3, 0.4) is 0 Å². The molecule has 0 bridgehead atoms. The smallest absolute Gasteiger partial charge is 0.155 e. The number of rotatable bonds is 3. The van der Waals surface area contributed by atoms with Gasteiger partial charge in [-0.25, -0.2) is 19.5 Å². The van der Waals surface area contributed by atoms with E-state index in [0.29, 0.717) is 5.92 Å². The third kappa shape index (κ3) is 2.19. The van der Waals surface area contributed by atoms with Gasteiger partial charge in [0.1, 0.15) is 12.2 Å². The van der Waals surface area contributed by atoms with E-state index >= 15 is 0 Å². The Morgan fingerprint density at radius 2 is 2.14 bits per heavy atom.